The number of ether oxygens (including phenoxy) is 1. The van der Waals surface area contributed by atoms with E-state index in [1.807, 2.05) is 6.07 Å². The molecule has 0 bridgehead atoms. The van der Waals surface area contributed by atoms with Gasteiger partial charge in [0.2, 0.25) is 0 Å². The molecule has 0 aliphatic heterocycles. The van der Waals surface area contributed by atoms with Crippen LogP contribution in [0.4, 0.5) is 5.69 Å². The molecule has 0 fully saturated rings. The average Bonchev–Trinajstić information content (AvgIpc) is 2.96. The van der Waals surface area contributed by atoms with Gasteiger partial charge in [-0.05, 0) is 24.3 Å². The minimum Gasteiger partial charge on any atom is -0.454 e. The van der Waals surface area contributed by atoms with E-state index in [1.54, 1.807) is 48.5 Å². The zero-order valence-corrected chi connectivity index (χ0v) is 13.5. The molecule has 8 nitrogen and oxygen atoms in total. The Kier molecular flexibility index (Phi) is 4.80. The summed E-state index contributed by atoms with van der Waals surface area (Å²) in [6.07, 6.45) is 0. The maximum atomic E-state index is 11.9. The van der Waals surface area contributed by atoms with Crippen molar-refractivity contribution >= 4 is 28.7 Å². The van der Waals surface area contributed by atoms with E-state index < -0.39 is 24.2 Å². The van der Waals surface area contributed by atoms with Crippen molar-refractivity contribution in [2.75, 3.05) is 11.9 Å². The molecule has 0 saturated carbocycles. The number of rotatable bonds is 5. The van der Waals surface area contributed by atoms with E-state index in [9.17, 15) is 14.4 Å². The van der Waals surface area contributed by atoms with Crippen molar-refractivity contribution in [3.8, 4) is 6.07 Å². The van der Waals surface area contributed by atoms with Crippen LogP contribution in [0.3, 0.4) is 0 Å². The fraction of sp³-hybridized carbons (Fsp3) is 0.111. The number of nitriles is 1. The molecule has 0 saturated heterocycles. The van der Waals surface area contributed by atoms with Gasteiger partial charge in [-0.2, -0.15) is 5.26 Å². The van der Waals surface area contributed by atoms with Gasteiger partial charge in [0.1, 0.15) is 12.6 Å². The lowest BCUT2D eigenvalue weighted by Gasteiger charge is -2.08. The van der Waals surface area contributed by atoms with Crippen molar-refractivity contribution < 1.29 is 18.7 Å². The van der Waals surface area contributed by atoms with Crippen LogP contribution in [0.2, 0.25) is 0 Å². The van der Waals surface area contributed by atoms with Crippen molar-refractivity contribution in [3.63, 3.8) is 0 Å². The summed E-state index contributed by atoms with van der Waals surface area (Å²) >= 11 is 0. The van der Waals surface area contributed by atoms with Crippen molar-refractivity contribution in [2.45, 2.75) is 6.54 Å². The third-order valence-corrected chi connectivity index (χ3v) is 3.55. The van der Waals surface area contributed by atoms with Gasteiger partial charge in [0, 0.05) is 0 Å². The highest BCUT2D eigenvalue weighted by Gasteiger charge is 2.15. The Morgan fingerprint density at radius 1 is 1.15 bits per heavy atom. The molecule has 1 N–H and O–H groups in total. The molecule has 0 unspecified atom stereocenters. The Morgan fingerprint density at radius 3 is 2.69 bits per heavy atom. The number of nitrogens with one attached hydrogen (secondary N) is 1. The largest absolute Gasteiger partial charge is 0.454 e. The Morgan fingerprint density at radius 2 is 1.88 bits per heavy atom. The molecule has 1 amide bonds. The number of oxazole rings is 1. The maximum absolute atomic E-state index is 11.9. The van der Waals surface area contributed by atoms with Gasteiger partial charge >= 0.3 is 11.7 Å². The highest BCUT2D eigenvalue weighted by molar-refractivity contribution is 5.94. The number of hydrogen-bond donors (Lipinski definition) is 1. The Bertz CT molecular complexity index is 1070. The maximum Gasteiger partial charge on any atom is 0.420 e. The van der Waals surface area contributed by atoms with Crippen LogP contribution >= 0.6 is 0 Å². The first-order valence-corrected chi connectivity index (χ1v) is 7.61. The van der Waals surface area contributed by atoms with Gasteiger partial charge in [-0.3, -0.25) is 14.2 Å². The van der Waals surface area contributed by atoms with Gasteiger partial charge in [0.25, 0.3) is 5.91 Å². The van der Waals surface area contributed by atoms with Crippen LogP contribution in [-0.4, -0.2) is 23.1 Å². The number of nitrogens with zero attached hydrogens (tertiary/aromatic N) is 2. The van der Waals surface area contributed by atoms with Crippen LogP contribution in [0.25, 0.3) is 11.1 Å². The zero-order chi connectivity index (χ0) is 18.5. The Balaban J connectivity index is 1.60. The molecule has 0 aliphatic carbocycles. The molecule has 26 heavy (non-hydrogen) atoms. The average molecular weight is 351 g/mol. The van der Waals surface area contributed by atoms with Crippen molar-refractivity contribution in [3.05, 3.63) is 64.6 Å². The normalized spacial score (nSPS) is 10.3. The number of hydrogen-bond acceptors (Lipinski definition) is 6. The Hall–Kier alpha value is -3.86. The van der Waals surface area contributed by atoms with Crippen LogP contribution in [0.5, 0.6) is 0 Å². The van der Waals surface area contributed by atoms with Gasteiger partial charge < -0.3 is 14.5 Å². The quantitative estimate of drug-likeness (QED) is 0.699. The molecule has 0 spiro atoms. The van der Waals surface area contributed by atoms with Crippen LogP contribution in [-0.2, 0) is 20.9 Å². The molecule has 0 radical (unpaired) electrons. The van der Waals surface area contributed by atoms with E-state index in [0.717, 1.165) is 4.57 Å². The second-order valence-electron chi connectivity index (χ2n) is 5.29. The number of amides is 1. The molecule has 2 aromatic carbocycles. The van der Waals surface area contributed by atoms with Crippen molar-refractivity contribution in [1.29, 1.82) is 5.26 Å². The van der Waals surface area contributed by atoms with E-state index in [0.29, 0.717) is 22.4 Å². The highest BCUT2D eigenvalue weighted by Crippen LogP contribution is 2.13. The lowest BCUT2D eigenvalue weighted by Crippen LogP contribution is -2.26. The molecule has 0 atom stereocenters. The number of anilines is 1. The van der Waals surface area contributed by atoms with Gasteiger partial charge in [0.15, 0.2) is 12.2 Å². The summed E-state index contributed by atoms with van der Waals surface area (Å²) in [6.45, 7) is -0.916. The van der Waals surface area contributed by atoms with Gasteiger partial charge in [-0.15, -0.1) is 0 Å². The lowest BCUT2D eigenvalue weighted by molar-refractivity contribution is -0.147. The standard InChI is InChI=1S/C18H13N3O5/c19-9-12-5-1-2-6-13(12)20-16(22)11-25-17(23)10-21-14-7-3-4-8-15(14)26-18(21)24/h1-8H,10-11H2,(H,20,22). The minimum atomic E-state index is -0.762. The number of esters is 1. The summed E-state index contributed by atoms with van der Waals surface area (Å²) in [5.74, 6) is -2.04. The molecule has 8 heteroatoms. The molecule has 0 aliphatic rings. The number of carbonyl (C=O) groups excluding carboxylic acids is 2. The second-order valence-corrected chi connectivity index (χ2v) is 5.29. The summed E-state index contributed by atoms with van der Waals surface area (Å²) < 4.78 is 11.0. The van der Waals surface area contributed by atoms with E-state index >= 15 is 0 Å². The van der Waals surface area contributed by atoms with E-state index in [1.165, 1.54) is 0 Å². The lowest BCUT2D eigenvalue weighted by atomic mass is 10.2. The number of aromatic nitrogens is 1. The molecule has 130 valence electrons. The third kappa shape index (κ3) is 3.62. The topological polar surface area (TPSA) is 114 Å². The number of fused-ring (bicyclic) bond motifs is 1. The first-order chi connectivity index (χ1) is 12.6. The van der Waals surface area contributed by atoms with E-state index in [-0.39, 0.29) is 6.54 Å². The zero-order valence-electron chi connectivity index (χ0n) is 13.5. The fourth-order valence-electron chi connectivity index (χ4n) is 2.36. The van der Waals surface area contributed by atoms with Gasteiger partial charge in [-0.1, -0.05) is 24.3 Å². The third-order valence-electron chi connectivity index (χ3n) is 3.55. The number of carbonyl (C=O) groups is 2. The van der Waals surface area contributed by atoms with Crippen molar-refractivity contribution in [1.82, 2.24) is 4.57 Å². The minimum absolute atomic E-state index is 0.295. The fourth-order valence-corrected chi connectivity index (χ4v) is 2.36. The molecule has 3 aromatic rings. The molecular formula is C18H13N3O5. The second kappa shape index (κ2) is 7.36. The van der Waals surface area contributed by atoms with Gasteiger partial charge in [0.05, 0.1) is 16.8 Å². The summed E-state index contributed by atoms with van der Waals surface area (Å²) in [5.41, 5.74) is 1.44. The van der Waals surface area contributed by atoms with Crippen LogP contribution in [0, 0.1) is 11.3 Å². The summed E-state index contributed by atoms with van der Waals surface area (Å²) in [6, 6.07) is 15.1. The monoisotopic (exact) mass is 351 g/mol. The van der Waals surface area contributed by atoms with Gasteiger partial charge in [-0.25, -0.2) is 4.79 Å². The number of para-hydroxylation sites is 3. The van der Waals surface area contributed by atoms with Crippen LogP contribution in [0.1, 0.15) is 5.56 Å². The van der Waals surface area contributed by atoms with E-state index in [2.05, 4.69) is 5.32 Å². The molecular weight excluding hydrogens is 338 g/mol. The summed E-state index contributed by atoms with van der Waals surface area (Å²) in [5, 5.41) is 11.5. The summed E-state index contributed by atoms with van der Waals surface area (Å²) in [7, 11) is 0. The first kappa shape index (κ1) is 17.0. The van der Waals surface area contributed by atoms with Crippen LogP contribution in [0.15, 0.2) is 57.7 Å². The smallest absolute Gasteiger partial charge is 0.420 e. The first-order valence-electron chi connectivity index (χ1n) is 7.61. The predicted molar refractivity (Wildman–Crippen MR) is 91.2 cm³/mol. The SMILES string of the molecule is N#Cc1ccccc1NC(=O)COC(=O)Cn1c(=O)oc2ccccc21. The van der Waals surface area contributed by atoms with Crippen LogP contribution < -0.4 is 11.1 Å². The Labute approximate surface area is 147 Å². The molecule has 1 aromatic heterocycles. The molecule has 3 rings (SSSR count). The highest BCUT2D eigenvalue weighted by atomic mass is 16.5. The predicted octanol–water partition coefficient (Wildman–Crippen LogP) is 1.65. The van der Waals surface area contributed by atoms with Crippen molar-refractivity contribution in [2.24, 2.45) is 0 Å². The molecule has 1 heterocycles. The van der Waals surface area contributed by atoms with E-state index in [4.69, 9.17) is 14.4 Å². The summed E-state index contributed by atoms with van der Waals surface area (Å²) in [4.78, 5) is 35.6. The number of benzene rings is 2.